The van der Waals surface area contributed by atoms with Gasteiger partial charge in [0, 0.05) is 22.2 Å². The summed E-state index contributed by atoms with van der Waals surface area (Å²) in [6, 6.07) is 6.71. The highest BCUT2D eigenvalue weighted by Crippen LogP contribution is 2.26. The fourth-order valence-electron chi connectivity index (χ4n) is 1.24. The van der Waals surface area contributed by atoms with Crippen LogP contribution in [0.1, 0.15) is 16.2 Å². The third-order valence-electron chi connectivity index (χ3n) is 2.09. The second kappa shape index (κ2) is 4.97. The number of nitrogens with zero attached hydrogens (tertiary/aromatic N) is 2. The zero-order chi connectivity index (χ0) is 12.3. The zero-order valence-corrected chi connectivity index (χ0v) is 9.94. The summed E-state index contributed by atoms with van der Waals surface area (Å²) in [6.07, 6.45) is 3.50. The monoisotopic (exact) mass is 246 g/mol. The summed E-state index contributed by atoms with van der Waals surface area (Å²) >= 11 is 1.50. The lowest BCUT2D eigenvalue weighted by molar-refractivity contribution is 0.0697. The van der Waals surface area contributed by atoms with E-state index < -0.39 is 5.97 Å². The highest BCUT2D eigenvalue weighted by Gasteiger charge is 2.03. The lowest BCUT2D eigenvalue weighted by Gasteiger charge is -2.01. The molecule has 0 saturated heterocycles. The van der Waals surface area contributed by atoms with Crippen molar-refractivity contribution in [2.45, 2.75) is 16.7 Å². The van der Waals surface area contributed by atoms with Gasteiger partial charge in [-0.2, -0.15) is 0 Å². The van der Waals surface area contributed by atoms with E-state index in [1.165, 1.54) is 11.8 Å². The summed E-state index contributed by atoms with van der Waals surface area (Å²) in [5.74, 6) is -0.184. The maximum Gasteiger partial charge on any atom is 0.335 e. The maximum absolute atomic E-state index is 10.7. The maximum atomic E-state index is 10.7. The fourth-order valence-corrected chi connectivity index (χ4v) is 1.99. The number of carboxylic acid groups (broad SMARTS) is 1. The van der Waals surface area contributed by atoms with Crippen LogP contribution in [0.2, 0.25) is 0 Å². The molecule has 17 heavy (non-hydrogen) atoms. The van der Waals surface area contributed by atoms with E-state index >= 15 is 0 Å². The fraction of sp³-hybridized carbons (Fsp3) is 0.0833. The Kier molecular flexibility index (Phi) is 3.39. The number of hydrogen-bond acceptors (Lipinski definition) is 4. The molecule has 0 aliphatic carbocycles. The Morgan fingerprint density at radius 1 is 1.12 bits per heavy atom. The van der Waals surface area contributed by atoms with E-state index in [0.29, 0.717) is 0 Å². The molecular weight excluding hydrogens is 236 g/mol. The van der Waals surface area contributed by atoms with Crippen LogP contribution in [0.4, 0.5) is 0 Å². The van der Waals surface area contributed by atoms with Crippen molar-refractivity contribution in [3.05, 3.63) is 48.0 Å². The van der Waals surface area contributed by atoms with Gasteiger partial charge in [0.2, 0.25) is 0 Å². The van der Waals surface area contributed by atoms with Crippen LogP contribution < -0.4 is 0 Å². The number of benzene rings is 1. The molecule has 1 aromatic heterocycles. The summed E-state index contributed by atoms with van der Waals surface area (Å²) < 4.78 is 0. The smallest absolute Gasteiger partial charge is 0.335 e. The van der Waals surface area contributed by atoms with E-state index in [4.69, 9.17) is 5.11 Å². The first-order valence-corrected chi connectivity index (χ1v) is 5.76. The van der Waals surface area contributed by atoms with Crippen molar-refractivity contribution in [1.29, 1.82) is 0 Å². The van der Waals surface area contributed by atoms with Crippen molar-refractivity contribution in [3.63, 3.8) is 0 Å². The standard InChI is InChI=1S/C12H10N2O2S/c1-8-13-6-11(7-14-8)17-10-4-2-9(3-5-10)12(15)16/h2-7H,1H3,(H,15,16). The molecule has 2 rings (SSSR count). The van der Waals surface area contributed by atoms with Gasteiger partial charge in [-0.25, -0.2) is 14.8 Å². The molecule has 5 heteroatoms. The number of carboxylic acids is 1. The Balaban J connectivity index is 2.13. The highest BCUT2D eigenvalue weighted by molar-refractivity contribution is 7.99. The number of aromatic carboxylic acids is 1. The minimum Gasteiger partial charge on any atom is -0.478 e. The minimum atomic E-state index is -0.916. The third-order valence-corrected chi connectivity index (χ3v) is 3.05. The molecule has 86 valence electrons. The molecule has 2 aromatic rings. The number of hydrogen-bond donors (Lipinski definition) is 1. The molecule has 1 N–H and O–H groups in total. The zero-order valence-electron chi connectivity index (χ0n) is 9.12. The van der Waals surface area contributed by atoms with E-state index in [2.05, 4.69) is 9.97 Å². The first kappa shape index (κ1) is 11.6. The van der Waals surface area contributed by atoms with Crippen molar-refractivity contribution >= 4 is 17.7 Å². The van der Waals surface area contributed by atoms with Crippen LogP contribution in [0.15, 0.2) is 46.5 Å². The number of rotatable bonds is 3. The molecular formula is C12H10N2O2S. The van der Waals surface area contributed by atoms with Gasteiger partial charge in [-0.1, -0.05) is 11.8 Å². The topological polar surface area (TPSA) is 63.1 Å². The molecule has 1 aromatic carbocycles. The Bertz CT molecular complexity index is 523. The summed E-state index contributed by atoms with van der Waals surface area (Å²) in [5, 5.41) is 8.77. The van der Waals surface area contributed by atoms with Crippen molar-refractivity contribution in [2.75, 3.05) is 0 Å². The molecule has 0 radical (unpaired) electrons. The highest BCUT2D eigenvalue weighted by atomic mass is 32.2. The van der Waals surface area contributed by atoms with Crippen LogP contribution in [-0.2, 0) is 0 Å². The molecule has 4 nitrogen and oxygen atoms in total. The van der Waals surface area contributed by atoms with E-state index in [1.807, 2.05) is 6.92 Å². The molecule has 0 amide bonds. The van der Waals surface area contributed by atoms with Crippen molar-refractivity contribution in [3.8, 4) is 0 Å². The second-order valence-corrected chi connectivity index (χ2v) is 4.54. The molecule has 0 aliphatic heterocycles. The van der Waals surface area contributed by atoms with Gasteiger partial charge in [0.25, 0.3) is 0 Å². The lowest BCUT2D eigenvalue weighted by Crippen LogP contribution is -1.94. The molecule has 0 unspecified atom stereocenters. The van der Waals surface area contributed by atoms with E-state index in [-0.39, 0.29) is 5.56 Å². The molecule has 0 aliphatic rings. The van der Waals surface area contributed by atoms with Crippen LogP contribution >= 0.6 is 11.8 Å². The first-order chi connectivity index (χ1) is 8.15. The van der Waals surface area contributed by atoms with Crippen molar-refractivity contribution in [1.82, 2.24) is 9.97 Å². The number of aryl methyl sites for hydroxylation is 1. The largest absolute Gasteiger partial charge is 0.478 e. The Hall–Kier alpha value is -1.88. The lowest BCUT2D eigenvalue weighted by atomic mass is 10.2. The Morgan fingerprint density at radius 3 is 2.24 bits per heavy atom. The second-order valence-electron chi connectivity index (χ2n) is 3.40. The van der Waals surface area contributed by atoms with Gasteiger partial charge in [0.1, 0.15) is 5.82 Å². The van der Waals surface area contributed by atoms with Crippen LogP contribution in [0.5, 0.6) is 0 Å². The molecule has 0 atom stereocenters. The summed E-state index contributed by atoms with van der Waals surface area (Å²) in [6.45, 7) is 1.83. The van der Waals surface area contributed by atoms with E-state index in [9.17, 15) is 4.79 Å². The summed E-state index contributed by atoms with van der Waals surface area (Å²) in [7, 11) is 0. The number of aromatic nitrogens is 2. The average Bonchev–Trinajstić information content (AvgIpc) is 2.33. The van der Waals surface area contributed by atoms with Gasteiger partial charge < -0.3 is 5.11 Å². The normalized spacial score (nSPS) is 10.2. The first-order valence-electron chi connectivity index (χ1n) is 4.95. The van der Waals surface area contributed by atoms with Crippen LogP contribution in [0, 0.1) is 6.92 Å². The Morgan fingerprint density at radius 2 is 1.71 bits per heavy atom. The summed E-state index contributed by atoms with van der Waals surface area (Å²) in [5.41, 5.74) is 0.287. The van der Waals surface area contributed by atoms with Gasteiger partial charge in [-0.3, -0.25) is 0 Å². The van der Waals surface area contributed by atoms with Gasteiger partial charge in [0.15, 0.2) is 0 Å². The minimum absolute atomic E-state index is 0.287. The SMILES string of the molecule is Cc1ncc(Sc2ccc(C(=O)O)cc2)cn1. The Labute approximate surface area is 103 Å². The van der Waals surface area contributed by atoms with Crippen molar-refractivity contribution in [2.24, 2.45) is 0 Å². The van der Waals surface area contributed by atoms with Gasteiger partial charge >= 0.3 is 5.97 Å². The predicted molar refractivity (Wildman–Crippen MR) is 64.3 cm³/mol. The third kappa shape index (κ3) is 3.04. The molecule has 1 heterocycles. The predicted octanol–water partition coefficient (Wildman–Crippen LogP) is 2.63. The van der Waals surface area contributed by atoms with E-state index in [0.717, 1.165) is 15.6 Å². The van der Waals surface area contributed by atoms with Crippen molar-refractivity contribution < 1.29 is 9.90 Å². The molecule has 0 saturated carbocycles. The molecule has 0 bridgehead atoms. The summed E-state index contributed by atoms with van der Waals surface area (Å²) in [4.78, 5) is 20.8. The average molecular weight is 246 g/mol. The van der Waals surface area contributed by atoms with Gasteiger partial charge in [-0.05, 0) is 31.2 Å². The van der Waals surface area contributed by atoms with Crippen LogP contribution in [0.25, 0.3) is 0 Å². The van der Waals surface area contributed by atoms with Gasteiger partial charge in [-0.15, -0.1) is 0 Å². The quantitative estimate of drug-likeness (QED) is 0.902. The molecule has 0 spiro atoms. The van der Waals surface area contributed by atoms with E-state index in [1.54, 1.807) is 36.7 Å². The number of carbonyl (C=O) groups is 1. The van der Waals surface area contributed by atoms with Crippen LogP contribution in [0.3, 0.4) is 0 Å². The van der Waals surface area contributed by atoms with Gasteiger partial charge in [0.05, 0.1) is 5.56 Å². The van der Waals surface area contributed by atoms with Crippen LogP contribution in [-0.4, -0.2) is 21.0 Å². The molecule has 0 fully saturated rings.